The molecular weight excluding hydrogens is 384 g/mol. The molecule has 1 aromatic rings. The van der Waals surface area contributed by atoms with Crippen LogP contribution in [-0.2, 0) is 14.4 Å². The molecule has 0 saturated heterocycles. The molecule has 0 aromatic heterocycles. The normalized spacial score (nSPS) is 11.2. The smallest absolute Gasteiger partial charge is 0.359 e. The molecule has 0 atom stereocenters. The average molecular weight is 403 g/mol. The number of aryl methyl sites for hydroxylation is 2. The maximum Gasteiger partial charge on any atom is 0.359 e. The molecule has 0 bridgehead atoms. The molecule has 0 aliphatic carbocycles. The van der Waals surface area contributed by atoms with Gasteiger partial charge in [-0.15, -0.1) is 0 Å². The van der Waals surface area contributed by atoms with E-state index in [9.17, 15) is 19.6 Å². The fourth-order valence-corrected chi connectivity index (χ4v) is 2.77. The highest BCUT2D eigenvalue weighted by atomic mass is 79.9. The predicted octanol–water partition coefficient (Wildman–Crippen LogP) is 1.80. The number of nitrogens with one attached hydrogen (secondary N) is 1. The van der Waals surface area contributed by atoms with Gasteiger partial charge >= 0.3 is 11.9 Å². The molecule has 0 aliphatic heterocycles. The van der Waals surface area contributed by atoms with Crippen molar-refractivity contribution in [1.82, 2.24) is 0 Å². The number of hydroxylamine groups is 3. The quantitative estimate of drug-likeness (QED) is 0.471. The van der Waals surface area contributed by atoms with Crippen LogP contribution in [-0.4, -0.2) is 52.3 Å². The largest absolute Gasteiger partial charge is 0.632 e. The summed E-state index contributed by atoms with van der Waals surface area (Å²) in [6.45, 7) is 2.66. The summed E-state index contributed by atoms with van der Waals surface area (Å²) in [4.78, 5) is 33.7. The first-order valence-electron chi connectivity index (χ1n) is 7.02. The molecule has 8 nitrogen and oxygen atoms in total. The summed E-state index contributed by atoms with van der Waals surface area (Å²) in [5.74, 6) is -3.68. The lowest BCUT2D eigenvalue weighted by Crippen LogP contribution is -2.53. The summed E-state index contributed by atoms with van der Waals surface area (Å²) in [5.41, 5.74) is 3.03. The van der Waals surface area contributed by atoms with Crippen molar-refractivity contribution in [2.45, 2.75) is 20.8 Å². The van der Waals surface area contributed by atoms with Gasteiger partial charge in [0.1, 0.15) is 0 Å². The van der Waals surface area contributed by atoms with Gasteiger partial charge in [0.05, 0.1) is 0 Å². The van der Waals surface area contributed by atoms with Gasteiger partial charge in [0.25, 0.3) is 5.91 Å². The van der Waals surface area contributed by atoms with E-state index in [4.69, 9.17) is 10.2 Å². The Morgan fingerprint density at radius 1 is 1.08 bits per heavy atom. The first-order chi connectivity index (χ1) is 10.9. The van der Waals surface area contributed by atoms with Gasteiger partial charge in [-0.05, 0) is 37.5 Å². The molecule has 0 spiro atoms. The highest BCUT2D eigenvalue weighted by Crippen LogP contribution is 2.30. The second-order valence-corrected chi connectivity index (χ2v) is 6.49. The molecule has 0 radical (unpaired) electrons. The van der Waals surface area contributed by atoms with Crippen LogP contribution < -0.4 is 5.32 Å². The standard InChI is InChI=1S/C15H19BrN2O6/c1-8-4-9(2)15(10(3)14(8)16)17-11(19)5-18(24,6-12(20)21)7-13(22)23/h4H,5-7H2,1-3H3,(H,17,19)(H,20,21)(H,22,23). The van der Waals surface area contributed by atoms with E-state index >= 15 is 0 Å². The molecule has 1 aromatic carbocycles. The Morgan fingerprint density at radius 3 is 2.04 bits per heavy atom. The number of carboxylic acids is 2. The Labute approximate surface area is 147 Å². The predicted molar refractivity (Wildman–Crippen MR) is 90.5 cm³/mol. The number of carbonyl (C=O) groups is 3. The minimum Gasteiger partial charge on any atom is -0.632 e. The van der Waals surface area contributed by atoms with E-state index in [0.717, 1.165) is 21.2 Å². The Hall–Kier alpha value is -1.97. The Morgan fingerprint density at radius 2 is 1.58 bits per heavy atom. The third-order valence-electron chi connectivity index (χ3n) is 3.42. The van der Waals surface area contributed by atoms with Gasteiger partial charge in [-0.2, -0.15) is 0 Å². The van der Waals surface area contributed by atoms with Gasteiger partial charge in [0.2, 0.25) is 0 Å². The fourth-order valence-electron chi connectivity index (χ4n) is 2.46. The van der Waals surface area contributed by atoms with Crippen LogP contribution in [0.1, 0.15) is 16.7 Å². The second-order valence-electron chi connectivity index (χ2n) is 5.69. The number of rotatable bonds is 7. The number of quaternary nitrogens is 1. The van der Waals surface area contributed by atoms with Crippen LogP contribution in [0.5, 0.6) is 0 Å². The molecule has 24 heavy (non-hydrogen) atoms. The average Bonchev–Trinajstić information content (AvgIpc) is 2.38. The molecule has 0 unspecified atom stereocenters. The van der Waals surface area contributed by atoms with Gasteiger partial charge in [-0.25, -0.2) is 9.59 Å². The highest BCUT2D eigenvalue weighted by molar-refractivity contribution is 9.10. The van der Waals surface area contributed by atoms with Gasteiger partial charge < -0.3 is 25.4 Å². The van der Waals surface area contributed by atoms with Crippen molar-refractivity contribution in [2.24, 2.45) is 0 Å². The number of halogens is 1. The van der Waals surface area contributed by atoms with Crippen molar-refractivity contribution >= 4 is 39.5 Å². The number of carboxylic acid groups (broad SMARTS) is 2. The zero-order chi connectivity index (χ0) is 18.7. The van der Waals surface area contributed by atoms with Crippen molar-refractivity contribution in [3.05, 3.63) is 32.4 Å². The Bertz CT molecular complexity index is 673. The maximum atomic E-state index is 12.3. The summed E-state index contributed by atoms with van der Waals surface area (Å²) in [7, 11) is 0. The fraction of sp³-hybridized carbons (Fsp3) is 0.400. The van der Waals surface area contributed by atoms with E-state index in [1.165, 1.54) is 0 Å². The number of carbonyl (C=O) groups excluding carboxylic acids is 1. The third-order valence-corrected chi connectivity index (χ3v) is 4.64. The Balaban J connectivity index is 3.00. The van der Waals surface area contributed by atoms with E-state index in [2.05, 4.69) is 21.2 Å². The van der Waals surface area contributed by atoms with Gasteiger partial charge in [-0.3, -0.25) is 4.79 Å². The van der Waals surface area contributed by atoms with Crippen molar-refractivity contribution in [1.29, 1.82) is 0 Å². The van der Waals surface area contributed by atoms with Gasteiger partial charge in [0, 0.05) is 10.2 Å². The Kier molecular flexibility index (Phi) is 6.47. The van der Waals surface area contributed by atoms with Gasteiger partial charge in [-0.1, -0.05) is 22.0 Å². The molecule has 0 saturated carbocycles. The molecule has 1 rings (SSSR count). The van der Waals surface area contributed by atoms with E-state index in [1.54, 1.807) is 13.8 Å². The number of amides is 1. The minimum absolute atomic E-state index is 0.509. The topological polar surface area (TPSA) is 127 Å². The van der Waals surface area contributed by atoms with Crippen LogP contribution in [0.3, 0.4) is 0 Å². The molecule has 9 heteroatoms. The van der Waals surface area contributed by atoms with Crippen LogP contribution >= 0.6 is 15.9 Å². The monoisotopic (exact) mass is 402 g/mol. The minimum atomic E-state index is -1.67. The van der Waals surface area contributed by atoms with E-state index < -0.39 is 42.1 Å². The lowest BCUT2D eigenvalue weighted by Gasteiger charge is -2.38. The van der Waals surface area contributed by atoms with E-state index in [-0.39, 0.29) is 0 Å². The summed E-state index contributed by atoms with van der Waals surface area (Å²) in [6, 6.07) is 1.85. The van der Waals surface area contributed by atoms with Gasteiger partial charge in [0.15, 0.2) is 19.6 Å². The second kappa shape index (κ2) is 7.73. The number of hydrogen-bond acceptors (Lipinski definition) is 4. The summed E-state index contributed by atoms with van der Waals surface area (Å²) >= 11 is 3.41. The lowest BCUT2D eigenvalue weighted by molar-refractivity contribution is -0.857. The lowest BCUT2D eigenvalue weighted by atomic mass is 10.0. The zero-order valence-corrected chi connectivity index (χ0v) is 15.1. The molecule has 1 amide bonds. The van der Waals surface area contributed by atoms with Crippen LogP contribution in [0, 0.1) is 26.0 Å². The number of hydrogen-bond donors (Lipinski definition) is 3. The maximum absolute atomic E-state index is 12.3. The van der Waals surface area contributed by atoms with Crippen molar-refractivity contribution < 1.29 is 29.2 Å². The number of anilines is 1. The molecule has 0 fully saturated rings. The number of aliphatic carboxylic acids is 2. The number of nitrogens with zero attached hydrogens (tertiary/aromatic N) is 1. The van der Waals surface area contributed by atoms with E-state index in [0.29, 0.717) is 5.69 Å². The molecule has 0 heterocycles. The third kappa shape index (κ3) is 5.29. The molecule has 132 valence electrons. The van der Waals surface area contributed by atoms with Crippen molar-refractivity contribution in [3.8, 4) is 0 Å². The van der Waals surface area contributed by atoms with Crippen LogP contribution in [0.4, 0.5) is 5.69 Å². The highest BCUT2D eigenvalue weighted by Gasteiger charge is 2.28. The number of benzene rings is 1. The van der Waals surface area contributed by atoms with Crippen molar-refractivity contribution in [3.63, 3.8) is 0 Å². The SMILES string of the molecule is Cc1cc(C)c(NC(=O)C[N+]([O-])(CC(=O)O)CC(=O)O)c(C)c1Br. The molecule has 0 aliphatic rings. The van der Waals surface area contributed by atoms with Crippen LogP contribution in [0.2, 0.25) is 0 Å². The van der Waals surface area contributed by atoms with E-state index in [1.807, 2.05) is 13.0 Å². The summed E-state index contributed by atoms with van der Waals surface area (Å²) < 4.78 is -0.857. The molecular formula is C15H19BrN2O6. The van der Waals surface area contributed by atoms with Crippen molar-refractivity contribution in [2.75, 3.05) is 25.0 Å². The summed E-state index contributed by atoms with van der Waals surface area (Å²) in [6.07, 6.45) is 0. The van der Waals surface area contributed by atoms with Crippen LogP contribution in [0.15, 0.2) is 10.5 Å². The first kappa shape index (κ1) is 20.1. The van der Waals surface area contributed by atoms with Crippen LogP contribution in [0.25, 0.3) is 0 Å². The zero-order valence-electron chi connectivity index (χ0n) is 13.6. The first-order valence-corrected chi connectivity index (χ1v) is 7.81. The summed E-state index contributed by atoms with van der Waals surface area (Å²) in [5, 5.41) is 32.4. The molecule has 3 N–H and O–H groups in total.